The minimum absolute atomic E-state index is 0.327. The Morgan fingerprint density at radius 1 is 0.842 bits per heavy atom. The van der Waals surface area contributed by atoms with Crippen molar-refractivity contribution in [3.05, 3.63) is 101 Å². The molecule has 192 valence electrons. The third-order valence-corrected chi connectivity index (χ3v) is 7.27. The molecule has 3 aromatic carbocycles. The van der Waals surface area contributed by atoms with E-state index in [1.165, 1.54) is 4.90 Å². The highest BCUT2D eigenvalue weighted by Crippen LogP contribution is 2.48. The van der Waals surface area contributed by atoms with Crippen LogP contribution in [-0.2, 0) is 14.4 Å². The number of hydroxylamine groups is 1. The lowest BCUT2D eigenvalue weighted by molar-refractivity contribution is -0.126. The zero-order chi connectivity index (χ0) is 26.2. The molecule has 0 spiro atoms. The maximum atomic E-state index is 13.8. The fourth-order valence-electron chi connectivity index (χ4n) is 4.95. The second-order valence-corrected chi connectivity index (χ2v) is 10.1. The number of carbonyl (C=O) groups excluding carboxylic acids is 2. The molecule has 0 saturated carbocycles. The van der Waals surface area contributed by atoms with Crippen molar-refractivity contribution in [2.24, 2.45) is 5.92 Å². The summed E-state index contributed by atoms with van der Waals surface area (Å²) in [5.41, 5.74) is 2.13. The summed E-state index contributed by atoms with van der Waals surface area (Å²) in [5.74, 6) is 0.404. The van der Waals surface area contributed by atoms with Gasteiger partial charge in [-0.15, -0.1) is 0 Å². The van der Waals surface area contributed by atoms with E-state index in [9.17, 15) is 9.59 Å². The van der Waals surface area contributed by atoms with Gasteiger partial charge in [0.25, 0.3) is 5.91 Å². The number of hydrogen-bond donors (Lipinski definition) is 0. The van der Waals surface area contributed by atoms with Gasteiger partial charge in [-0.3, -0.25) is 14.4 Å². The smallest absolute Gasteiger partial charge is 0.266 e. The van der Waals surface area contributed by atoms with Crippen LogP contribution in [0.25, 0.3) is 11.3 Å². The van der Waals surface area contributed by atoms with Gasteiger partial charge in [0, 0.05) is 10.0 Å². The first-order valence-electron chi connectivity index (χ1n) is 12.5. The molecule has 1 aromatic heterocycles. The number of imide groups is 1. The third-order valence-electron chi connectivity index (χ3n) is 6.74. The van der Waals surface area contributed by atoms with Crippen molar-refractivity contribution >= 4 is 39.1 Å². The highest BCUT2D eigenvalue weighted by atomic mass is 79.9. The number of fused-ring (bicyclic) bond motifs is 1. The van der Waals surface area contributed by atoms with Gasteiger partial charge < -0.3 is 9.15 Å². The summed E-state index contributed by atoms with van der Waals surface area (Å²) < 4.78 is 12.9. The van der Waals surface area contributed by atoms with Crippen LogP contribution in [0.3, 0.4) is 0 Å². The van der Waals surface area contributed by atoms with E-state index in [1.54, 1.807) is 29.3 Å². The second-order valence-electron chi connectivity index (χ2n) is 9.22. The Morgan fingerprint density at radius 2 is 1.58 bits per heavy atom. The number of ether oxygens (including phenoxy) is 1. The molecule has 7 nitrogen and oxygen atoms in total. The minimum Gasteiger partial charge on any atom is -0.494 e. The van der Waals surface area contributed by atoms with E-state index in [4.69, 9.17) is 14.0 Å². The number of furan rings is 1. The standard InChI is InChI=1S/C30H25BrN2O5/c1-2-18-36-23-14-12-21(13-15-23)32-29(34)26-27(25-17-16-24(37-25)19-8-10-20(31)11-9-19)33(38-28(26)30(32)35)22-6-4-3-5-7-22/h3-17,26-28H,2,18H2,1H3/t26-,27-,28+/m0/s1. The summed E-state index contributed by atoms with van der Waals surface area (Å²) in [6.45, 7) is 2.63. The first-order valence-corrected chi connectivity index (χ1v) is 13.3. The van der Waals surface area contributed by atoms with Crippen LogP contribution < -0.4 is 14.7 Å². The minimum atomic E-state index is -0.968. The average Bonchev–Trinajstić information content (AvgIpc) is 3.64. The quantitative estimate of drug-likeness (QED) is 0.234. The van der Waals surface area contributed by atoms with Crippen LogP contribution in [-0.4, -0.2) is 24.5 Å². The molecule has 0 aliphatic carbocycles. The van der Waals surface area contributed by atoms with E-state index in [-0.39, 0.29) is 5.91 Å². The summed E-state index contributed by atoms with van der Waals surface area (Å²) in [7, 11) is 0. The van der Waals surface area contributed by atoms with Crippen molar-refractivity contribution < 1.29 is 23.6 Å². The number of carbonyl (C=O) groups is 2. The van der Waals surface area contributed by atoms with Crippen molar-refractivity contribution in [2.45, 2.75) is 25.5 Å². The molecule has 2 fully saturated rings. The van der Waals surface area contributed by atoms with Crippen LogP contribution in [0.4, 0.5) is 11.4 Å². The Bertz CT molecular complexity index is 1450. The first kappa shape index (κ1) is 24.5. The van der Waals surface area contributed by atoms with Gasteiger partial charge in [-0.05, 0) is 67.1 Å². The zero-order valence-electron chi connectivity index (χ0n) is 20.6. The number of nitrogens with zero attached hydrogens (tertiary/aromatic N) is 2. The van der Waals surface area contributed by atoms with Crippen molar-refractivity contribution in [3.8, 4) is 17.1 Å². The maximum Gasteiger partial charge on any atom is 0.266 e. The predicted molar refractivity (Wildman–Crippen MR) is 147 cm³/mol. The van der Waals surface area contributed by atoms with E-state index in [2.05, 4.69) is 15.9 Å². The largest absolute Gasteiger partial charge is 0.494 e. The summed E-state index contributed by atoms with van der Waals surface area (Å²) in [6, 6.07) is 27.3. The molecule has 8 heteroatoms. The van der Waals surface area contributed by atoms with Gasteiger partial charge in [-0.25, -0.2) is 9.96 Å². The van der Waals surface area contributed by atoms with Crippen LogP contribution >= 0.6 is 15.9 Å². The number of rotatable bonds is 7. The Morgan fingerprint density at radius 3 is 2.29 bits per heavy atom. The van der Waals surface area contributed by atoms with Crippen LogP contribution in [0.1, 0.15) is 25.1 Å². The summed E-state index contributed by atoms with van der Waals surface area (Å²) in [6.07, 6.45) is -0.0776. The molecule has 2 aliphatic heterocycles. The van der Waals surface area contributed by atoms with E-state index >= 15 is 0 Å². The number of amides is 2. The van der Waals surface area contributed by atoms with Crippen molar-refractivity contribution in [3.63, 3.8) is 0 Å². The van der Waals surface area contributed by atoms with Gasteiger partial charge in [0.1, 0.15) is 29.2 Å². The van der Waals surface area contributed by atoms with Gasteiger partial charge >= 0.3 is 0 Å². The van der Waals surface area contributed by atoms with Gasteiger partial charge in [-0.2, -0.15) is 0 Å². The fraction of sp³-hybridized carbons (Fsp3) is 0.200. The lowest BCUT2D eigenvalue weighted by atomic mass is 9.94. The van der Waals surface area contributed by atoms with E-state index in [1.807, 2.05) is 73.7 Å². The Kier molecular flexibility index (Phi) is 6.51. The summed E-state index contributed by atoms with van der Waals surface area (Å²) in [5, 5.41) is 1.63. The van der Waals surface area contributed by atoms with Gasteiger partial charge in [0.15, 0.2) is 6.10 Å². The molecule has 38 heavy (non-hydrogen) atoms. The molecule has 3 heterocycles. The summed E-state index contributed by atoms with van der Waals surface area (Å²) in [4.78, 5) is 34.8. The van der Waals surface area contributed by atoms with E-state index in [0.717, 1.165) is 22.1 Å². The molecule has 0 unspecified atom stereocenters. The lowest BCUT2D eigenvalue weighted by Crippen LogP contribution is -2.37. The molecule has 2 amide bonds. The van der Waals surface area contributed by atoms with Crippen LogP contribution in [0.15, 0.2) is 99.9 Å². The van der Waals surface area contributed by atoms with Crippen molar-refractivity contribution in [1.82, 2.24) is 0 Å². The van der Waals surface area contributed by atoms with Gasteiger partial charge in [-0.1, -0.05) is 53.2 Å². The van der Waals surface area contributed by atoms with Gasteiger partial charge in [0.05, 0.1) is 18.0 Å². The van der Waals surface area contributed by atoms with Crippen LogP contribution in [0.2, 0.25) is 0 Å². The first-order chi connectivity index (χ1) is 18.5. The molecular formula is C30H25BrN2O5. The predicted octanol–water partition coefficient (Wildman–Crippen LogP) is 6.55. The topological polar surface area (TPSA) is 72.2 Å². The van der Waals surface area contributed by atoms with Crippen molar-refractivity contribution in [2.75, 3.05) is 16.6 Å². The highest BCUT2D eigenvalue weighted by molar-refractivity contribution is 9.10. The molecule has 6 rings (SSSR count). The normalized spacial score (nSPS) is 20.7. The highest BCUT2D eigenvalue weighted by Gasteiger charge is 2.61. The zero-order valence-corrected chi connectivity index (χ0v) is 22.2. The molecule has 0 N–H and O–H groups in total. The third kappa shape index (κ3) is 4.29. The number of halogens is 1. The van der Waals surface area contributed by atoms with Gasteiger partial charge in [0.2, 0.25) is 5.91 Å². The van der Waals surface area contributed by atoms with Crippen molar-refractivity contribution in [1.29, 1.82) is 0 Å². The average molecular weight is 573 g/mol. The number of para-hydroxylation sites is 1. The molecule has 2 saturated heterocycles. The van der Waals surface area contributed by atoms with Crippen LogP contribution in [0, 0.1) is 5.92 Å². The Hall–Kier alpha value is -3.88. The second kappa shape index (κ2) is 10.1. The van der Waals surface area contributed by atoms with E-state index < -0.39 is 24.0 Å². The summed E-state index contributed by atoms with van der Waals surface area (Å²) >= 11 is 3.46. The molecule has 2 aliphatic rings. The Labute approximate surface area is 228 Å². The van der Waals surface area contributed by atoms with E-state index in [0.29, 0.717) is 29.6 Å². The number of benzene rings is 3. The number of anilines is 2. The number of hydrogen-bond acceptors (Lipinski definition) is 6. The molecule has 0 radical (unpaired) electrons. The molecule has 4 aromatic rings. The lowest BCUT2D eigenvalue weighted by Gasteiger charge is -2.27. The maximum absolute atomic E-state index is 13.8. The monoisotopic (exact) mass is 572 g/mol. The Balaban J connectivity index is 1.35. The van der Waals surface area contributed by atoms with Crippen LogP contribution in [0.5, 0.6) is 5.75 Å². The molecule has 0 bridgehead atoms. The molecule has 3 atom stereocenters. The molecular weight excluding hydrogens is 548 g/mol. The SMILES string of the molecule is CCCOc1ccc(N2C(=O)[C@@H]3[C@@H](ON(c4ccccc4)[C@H]3c3ccc(-c4ccc(Br)cc4)o3)C2=O)cc1. The fourth-order valence-corrected chi connectivity index (χ4v) is 5.21.